The van der Waals surface area contributed by atoms with Gasteiger partial charge in [-0.2, -0.15) is 0 Å². The molecule has 0 amide bonds. The van der Waals surface area contributed by atoms with Gasteiger partial charge in [-0.25, -0.2) is 19.7 Å². The maximum Gasteiger partial charge on any atom is 0.343 e. The molecule has 0 saturated carbocycles. The largest absolute Gasteiger partial charge is 0.343 e. The number of primary sulfonamides is 1. The summed E-state index contributed by atoms with van der Waals surface area (Å²) in [6.45, 7) is 0. The Morgan fingerprint density at radius 2 is 1.73 bits per heavy atom. The van der Waals surface area contributed by atoms with E-state index in [0.29, 0.717) is 0 Å². The minimum Gasteiger partial charge on any atom is -0.230 e. The third kappa shape index (κ3) is 3.00. The van der Waals surface area contributed by atoms with Crippen molar-refractivity contribution in [3.63, 3.8) is 0 Å². The van der Waals surface area contributed by atoms with E-state index in [0.717, 1.165) is 12.1 Å². The van der Waals surface area contributed by atoms with Crippen LogP contribution in [0.2, 0.25) is 10.0 Å². The van der Waals surface area contributed by atoms with Gasteiger partial charge in [-0.3, -0.25) is 0 Å². The molecule has 0 aliphatic rings. The molecule has 0 aliphatic heterocycles. The molecule has 1 rings (SSSR count). The summed E-state index contributed by atoms with van der Waals surface area (Å²) in [5.41, 5.74) is 0. The van der Waals surface area contributed by atoms with Gasteiger partial charge in [0.15, 0.2) is 0 Å². The van der Waals surface area contributed by atoms with Gasteiger partial charge in [-0.15, -0.1) is 0 Å². The molecule has 0 aromatic heterocycles. The number of hydrogen-bond donors (Lipinski definition) is 1. The van der Waals surface area contributed by atoms with E-state index in [-0.39, 0.29) is 10.0 Å². The monoisotopic (exact) mass is 383 g/mol. The molecule has 2 N–H and O–H groups in total. The number of nitrogens with two attached hydrogens (primary N) is 1. The molecule has 0 unspecified atom stereocenters. The molecule has 1 aromatic rings. The van der Waals surface area contributed by atoms with E-state index in [1.54, 1.807) is 0 Å². The summed E-state index contributed by atoms with van der Waals surface area (Å²) < 4.78 is 43.5. The van der Waals surface area contributed by atoms with E-state index in [2.05, 4.69) is 0 Å². The molecule has 15 heavy (non-hydrogen) atoms. The SMILES string of the molecule is NS(=O)(=O)c1cc(Cl)cc(Cl)c1I(=O)=O. The predicted molar refractivity (Wildman–Crippen MR) is 61.9 cm³/mol. The fraction of sp³-hybridized carbons (Fsp3) is 0. The highest BCUT2D eigenvalue weighted by Crippen LogP contribution is 2.34. The molecular formula is C6H4Cl2INO4S. The van der Waals surface area contributed by atoms with Crippen molar-refractivity contribution in [2.45, 2.75) is 4.90 Å². The Morgan fingerprint density at radius 3 is 2.13 bits per heavy atom. The maximum absolute atomic E-state index is 11.1. The van der Waals surface area contributed by atoms with Crippen LogP contribution in [0.4, 0.5) is 0 Å². The number of benzene rings is 1. The number of sulfonamides is 1. The molecule has 0 atom stereocenters. The van der Waals surface area contributed by atoms with Crippen LogP contribution in [0.3, 0.4) is 0 Å². The Bertz CT molecular complexity index is 573. The maximum atomic E-state index is 11.1. The quantitative estimate of drug-likeness (QED) is 0.624. The molecule has 5 nitrogen and oxygen atoms in total. The van der Waals surface area contributed by atoms with Crippen LogP contribution in [-0.4, -0.2) is 8.42 Å². The first-order valence-electron chi connectivity index (χ1n) is 3.30. The third-order valence-electron chi connectivity index (χ3n) is 1.42. The molecule has 0 saturated heterocycles. The van der Waals surface area contributed by atoms with Crippen molar-refractivity contribution in [3.8, 4) is 0 Å². The van der Waals surface area contributed by atoms with Gasteiger partial charge < -0.3 is 0 Å². The van der Waals surface area contributed by atoms with Crippen molar-refractivity contribution in [2.24, 2.45) is 5.14 Å². The summed E-state index contributed by atoms with van der Waals surface area (Å²) >= 11 is 7.06. The minimum absolute atomic E-state index is 0.00509. The van der Waals surface area contributed by atoms with E-state index in [9.17, 15) is 14.6 Å². The summed E-state index contributed by atoms with van der Waals surface area (Å²) in [5, 5.41) is 4.61. The summed E-state index contributed by atoms with van der Waals surface area (Å²) in [7, 11) is -4.15. The number of rotatable bonds is 2. The van der Waals surface area contributed by atoms with Crippen LogP contribution in [0.25, 0.3) is 0 Å². The van der Waals surface area contributed by atoms with Crippen molar-refractivity contribution in [1.29, 1.82) is 0 Å². The Kier molecular flexibility index (Phi) is 3.93. The van der Waals surface area contributed by atoms with Crippen molar-refractivity contribution >= 4 is 53.0 Å². The summed E-state index contributed by atoms with van der Waals surface area (Å²) in [6.07, 6.45) is 0. The molecule has 0 spiro atoms. The van der Waals surface area contributed by atoms with Gasteiger partial charge >= 0.3 is 19.8 Å². The Morgan fingerprint density at radius 1 is 1.20 bits per heavy atom. The lowest BCUT2D eigenvalue weighted by Crippen LogP contribution is -2.14. The van der Waals surface area contributed by atoms with Crippen molar-refractivity contribution < 1.29 is 14.6 Å². The van der Waals surface area contributed by atoms with Crippen molar-refractivity contribution in [2.75, 3.05) is 0 Å². The topological polar surface area (TPSA) is 94.3 Å². The van der Waals surface area contributed by atoms with Crippen LogP contribution < -0.4 is 5.14 Å². The summed E-state index contributed by atoms with van der Waals surface area (Å²) in [6, 6.07) is 2.10. The van der Waals surface area contributed by atoms with Gasteiger partial charge in [0, 0.05) is 5.02 Å². The second-order valence-electron chi connectivity index (χ2n) is 2.46. The van der Waals surface area contributed by atoms with Gasteiger partial charge in [0.05, 0.1) is 5.02 Å². The molecule has 0 heterocycles. The molecule has 84 valence electrons. The lowest BCUT2D eigenvalue weighted by molar-refractivity contribution is 0.595. The molecule has 9 heteroatoms. The van der Waals surface area contributed by atoms with E-state index in [4.69, 9.17) is 28.3 Å². The van der Waals surface area contributed by atoms with Crippen molar-refractivity contribution in [3.05, 3.63) is 25.7 Å². The van der Waals surface area contributed by atoms with Crippen LogP contribution in [0.5, 0.6) is 0 Å². The molecule has 0 fully saturated rings. The highest BCUT2D eigenvalue weighted by molar-refractivity contribution is 14.2. The van der Waals surface area contributed by atoms with Crippen LogP contribution in [0, 0.1) is 3.57 Å². The van der Waals surface area contributed by atoms with Crippen molar-refractivity contribution in [1.82, 2.24) is 0 Å². The fourth-order valence-electron chi connectivity index (χ4n) is 0.889. The van der Waals surface area contributed by atoms with Gasteiger partial charge in [-0.1, -0.05) is 23.2 Å². The first-order chi connectivity index (χ1) is 6.73. The molecule has 0 aliphatic carbocycles. The van der Waals surface area contributed by atoms with Gasteiger partial charge in [0.1, 0.15) is 8.47 Å². The third-order valence-corrected chi connectivity index (χ3v) is 5.60. The molecule has 0 bridgehead atoms. The van der Waals surface area contributed by atoms with E-state index in [1.165, 1.54) is 0 Å². The fourth-order valence-corrected chi connectivity index (χ4v) is 5.06. The number of halogens is 3. The van der Waals surface area contributed by atoms with Gasteiger partial charge in [0.25, 0.3) is 0 Å². The normalized spacial score (nSPS) is 12.0. The predicted octanol–water partition coefficient (Wildman–Crippen LogP) is 2.01. The standard InChI is InChI=1S/C6H4Cl2INO4S/c7-3-1-4(8)6(9(11)12)5(2-3)15(10,13)14/h1-2H,(H2,10,13,14). The molecule has 1 aromatic carbocycles. The van der Waals surface area contributed by atoms with Crippen LogP contribution >= 0.6 is 43.0 Å². The van der Waals surface area contributed by atoms with Crippen LogP contribution in [0.15, 0.2) is 17.0 Å². The Labute approximate surface area is 103 Å². The molecule has 0 radical (unpaired) electrons. The Balaban J connectivity index is 3.78. The molecular weight excluding hydrogens is 380 g/mol. The lowest BCUT2D eigenvalue weighted by Gasteiger charge is -2.03. The smallest absolute Gasteiger partial charge is 0.230 e. The second-order valence-corrected chi connectivity index (χ2v) is 7.15. The zero-order valence-corrected chi connectivity index (χ0v) is 11.4. The zero-order chi connectivity index (χ0) is 11.8. The first-order valence-corrected chi connectivity index (χ1v) is 8.45. The van der Waals surface area contributed by atoms with E-state index in [1.807, 2.05) is 0 Å². The minimum atomic E-state index is -4.15. The van der Waals surface area contributed by atoms with E-state index < -0.39 is 38.3 Å². The Hall–Kier alpha value is 0.0400. The average molecular weight is 384 g/mol. The zero-order valence-electron chi connectivity index (χ0n) is 6.91. The number of hydrogen-bond acceptors (Lipinski definition) is 4. The van der Waals surface area contributed by atoms with Crippen LogP contribution in [0.1, 0.15) is 0 Å². The van der Waals surface area contributed by atoms with Gasteiger partial charge in [-0.05, 0) is 12.1 Å². The first kappa shape index (κ1) is 13.1. The summed E-state index contributed by atoms with van der Waals surface area (Å²) in [5.74, 6) is 0. The van der Waals surface area contributed by atoms with Gasteiger partial charge in [0.2, 0.25) is 10.0 Å². The second kappa shape index (κ2) is 4.50. The highest BCUT2D eigenvalue weighted by Gasteiger charge is 2.21. The highest BCUT2D eigenvalue weighted by atomic mass is 127. The summed E-state index contributed by atoms with van der Waals surface area (Å²) in [4.78, 5) is -0.560. The average Bonchev–Trinajstić information content (AvgIpc) is 1.99. The lowest BCUT2D eigenvalue weighted by atomic mass is 10.4. The van der Waals surface area contributed by atoms with E-state index >= 15 is 0 Å². The van der Waals surface area contributed by atoms with Crippen LogP contribution in [-0.2, 0) is 16.2 Å².